The molecule has 0 radical (unpaired) electrons. The van der Waals surface area contributed by atoms with Gasteiger partial charge in [-0.3, -0.25) is 0 Å². The molecule has 2 saturated carbocycles. The summed E-state index contributed by atoms with van der Waals surface area (Å²) in [7, 11) is 0. The average Bonchev–Trinajstić information content (AvgIpc) is 2.48. The molecule has 1 heterocycles. The van der Waals surface area contributed by atoms with E-state index >= 15 is 0 Å². The molecule has 0 aliphatic heterocycles. The van der Waals surface area contributed by atoms with Gasteiger partial charge < -0.3 is 5.21 Å². The van der Waals surface area contributed by atoms with Crippen molar-refractivity contribution in [1.29, 1.82) is 0 Å². The highest BCUT2D eigenvalue weighted by Crippen LogP contribution is 2.32. The van der Waals surface area contributed by atoms with Crippen molar-refractivity contribution in [1.82, 2.24) is 0 Å². The SMILES string of the molecule is [O-][n+]1c(C2CCCCCCC2)cccc1C1CCCCCCC1. The number of nitrogens with zero attached hydrogens (tertiary/aromatic N) is 1. The summed E-state index contributed by atoms with van der Waals surface area (Å²) in [5, 5.41) is 13.1. The largest absolute Gasteiger partial charge is 0.618 e. The number of aromatic nitrogens is 1. The lowest BCUT2D eigenvalue weighted by Crippen LogP contribution is -2.39. The molecule has 128 valence electrons. The highest BCUT2D eigenvalue weighted by atomic mass is 16.5. The first-order valence-corrected chi connectivity index (χ1v) is 10.1. The smallest absolute Gasteiger partial charge is 0.196 e. The van der Waals surface area contributed by atoms with Crippen LogP contribution in [0.15, 0.2) is 18.2 Å². The van der Waals surface area contributed by atoms with Gasteiger partial charge in [0, 0.05) is 24.0 Å². The van der Waals surface area contributed by atoms with Crippen LogP contribution in [0.4, 0.5) is 0 Å². The normalized spacial score (nSPS) is 22.8. The summed E-state index contributed by atoms with van der Waals surface area (Å²) in [6.45, 7) is 0. The Bertz CT molecular complexity index is 428. The fraction of sp³-hybridized carbons (Fsp3) is 0.762. The number of hydrogen-bond donors (Lipinski definition) is 0. The van der Waals surface area contributed by atoms with Crippen LogP contribution < -0.4 is 4.73 Å². The molecule has 2 fully saturated rings. The number of pyridine rings is 1. The fourth-order valence-electron chi connectivity index (χ4n) is 4.64. The molecule has 1 aromatic heterocycles. The van der Waals surface area contributed by atoms with Crippen LogP contribution in [0.5, 0.6) is 0 Å². The molecule has 0 aromatic carbocycles. The summed E-state index contributed by atoms with van der Waals surface area (Å²) in [6.07, 6.45) is 18.1. The second-order valence-corrected chi connectivity index (χ2v) is 7.75. The number of hydrogen-bond acceptors (Lipinski definition) is 1. The summed E-state index contributed by atoms with van der Waals surface area (Å²) in [5.74, 6) is 0.975. The minimum atomic E-state index is 0.487. The van der Waals surface area contributed by atoms with Crippen molar-refractivity contribution in [2.45, 2.75) is 102 Å². The lowest BCUT2D eigenvalue weighted by molar-refractivity contribution is -0.626. The molecule has 2 nitrogen and oxygen atoms in total. The molecule has 2 aliphatic carbocycles. The van der Waals surface area contributed by atoms with Gasteiger partial charge in [-0.25, -0.2) is 0 Å². The summed E-state index contributed by atoms with van der Waals surface area (Å²) >= 11 is 0. The van der Waals surface area contributed by atoms with Crippen molar-refractivity contribution >= 4 is 0 Å². The summed E-state index contributed by atoms with van der Waals surface area (Å²) in [6, 6.07) is 6.36. The highest BCUT2D eigenvalue weighted by Gasteiger charge is 2.26. The summed E-state index contributed by atoms with van der Waals surface area (Å²) in [4.78, 5) is 0. The molecule has 0 spiro atoms. The molecule has 0 bridgehead atoms. The predicted molar refractivity (Wildman–Crippen MR) is 95.5 cm³/mol. The van der Waals surface area contributed by atoms with E-state index in [4.69, 9.17) is 0 Å². The minimum absolute atomic E-state index is 0.487. The van der Waals surface area contributed by atoms with Gasteiger partial charge in [0.05, 0.1) is 0 Å². The maximum absolute atomic E-state index is 13.1. The van der Waals surface area contributed by atoms with Gasteiger partial charge in [-0.1, -0.05) is 64.2 Å². The predicted octanol–water partition coefficient (Wildman–Crippen LogP) is 5.98. The Balaban J connectivity index is 1.78. The third kappa shape index (κ3) is 4.49. The topological polar surface area (TPSA) is 26.9 Å². The van der Waals surface area contributed by atoms with Crippen LogP contribution in [0.2, 0.25) is 0 Å². The van der Waals surface area contributed by atoms with E-state index in [0.29, 0.717) is 11.8 Å². The molecule has 0 atom stereocenters. The van der Waals surface area contributed by atoms with Crippen molar-refractivity contribution in [3.05, 3.63) is 34.8 Å². The van der Waals surface area contributed by atoms with Crippen LogP contribution in [0.25, 0.3) is 0 Å². The molecular weight excluding hydrogens is 282 g/mol. The first kappa shape index (κ1) is 16.8. The lowest BCUT2D eigenvalue weighted by Gasteiger charge is -2.23. The van der Waals surface area contributed by atoms with E-state index in [-0.39, 0.29) is 0 Å². The van der Waals surface area contributed by atoms with Gasteiger partial charge in [-0.15, -0.1) is 0 Å². The Morgan fingerprint density at radius 2 is 0.957 bits per heavy atom. The quantitative estimate of drug-likeness (QED) is 0.487. The summed E-state index contributed by atoms with van der Waals surface area (Å²) in [5.41, 5.74) is 2.12. The fourth-order valence-corrected chi connectivity index (χ4v) is 4.64. The first-order chi connectivity index (χ1) is 11.4. The van der Waals surface area contributed by atoms with Crippen molar-refractivity contribution in [3.63, 3.8) is 0 Å². The van der Waals surface area contributed by atoms with Crippen LogP contribution in [0, 0.1) is 5.21 Å². The zero-order valence-corrected chi connectivity index (χ0v) is 14.6. The van der Waals surface area contributed by atoms with Crippen LogP contribution in [-0.2, 0) is 0 Å². The van der Waals surface area contributed by atoms with Crippen molar-refractivity contribution in [2.75, 3.05) is 0 Å². The maximum Gasteiger partial charge on any atom is 0.196 e. The standard InChI is InChI=1S/C21H33NO/c23-22-20(18-12-7-3-1-4-8-13-18)16-11-17-21(22)19-14-9-5-2-6-10-15-19/h11,16-19H,1-10,12-15H2. The van der Waals surface area contributed by atoms with Gasteiger partial charge in [0.1, 0.15) is 0 Å². The molecule has 3 rings (SSSR count). The van der Waals surface area contributed by atoms with Crippen LogP contribution in [0.3, 0.4) is 0 Å². The summed E-state index contributed by atoms with van der Waals surface area (Å²) < 4.78 is 1.35. The minimum Gasteiger partial charge on any atom is -0.618 e. The van der Waals surface area contributed by atoms with Gasteiger partial charge >= 0.3 is 0 Å². The Morgan fingerprint density at radius 1 is 0.609 bits per heavy atom. The van der Waals surface area contributed by atoms with E-state index in [1.165, 1.54) is 94.6 Å². The maximum atomic E-state index is 13.1. The van der Waals surface area contributed by atoms with Gasteiger partial charge in [-0.05, 0) is 31.7 Å². The first-order valence-electron chi connectivity index (χ1n) is 10.1. The monoisotopic (exact) mass is 315 g/mol. The molecule has 2 heteroatoms. The molecule has 2 aliphatic rings. The van der Waals surface area contributed by atoms with Crippen molar-refractivity contribution in [2.24, 2.45) is 0 Å². The van der Waals surface area contributed by atoms with Gasteiger partial charge in [0.15, 0.2) is 11.4 Å². The van der Waals surface area contributed by atoms with Crippen molar-refractivity contribution < 1.29 is 4.73 Å². The Morgan fingerprint density at radius 3 is 1.35 bits per heavy atom. The molecule has 0 saturated heterocycles. The highest BCUT2D eigenvalue weighted by molar-refractivity contribution is 5.12. The van der Waals surface area contributed by atoms with Gasteiger partial charge in [0.25, 0.3) is 0 Å². The molecule has 1 aromatic rings. The molecular formula is C21H33NO. The molecule has 23 heavy (non-hydrogen) atoms. The van der Waals surface area contributed by atoms with E-state index in [1.807, 2.05) is 0 Å². The van der Waals surface area contributed by atoms with E-state index in [1.54, 1.807) is 0 Å². The molecule has 0 unspecified atom stereocenters. The van der Waals surface area contributed by atoms with Crippen LogP contribution in [0.1, 0.15) is 113 Å². The Kier molecular flexibility index (Phi) is 6.36. The van der Waals surface area contributed by atoms with Crippen molar-refractivity contribution in [3.8, 4) is 0 Å². The van der Waals surface area contributed by atoms with E-state index in [0.717, 1.165) is 11.4 Å². The average molecular weight is 316 g/mol. The Labute approximate surface area is 141 Å². The van der Waals surface area contributed by atoms with Crippen LogP contribution in [-0.4, -0.2) is 0 Å². The second-order valence-electron chi connectivity index (χ2n) is 7.75. The third-order valence-electron chi connectivity index (χ3n) is 6.05. The van der Waals surface area contributed by atoms with E-state index in [9.17, 15) is 5.21 Å². The zero-order valence-electron chi connectivity index (χ0n) is 14.6. The van der Waals surface area contributed by atoms with E-state index in [2.05, 4.69) is 18.2 Å². The lowest BCUT2D eigenvalue weighted by atomic mass is 9.86. The van der Waals surface area contributed by atoms with Gasteiger partial charge in [-0.2, -0.15) is 4.73 Å². The van der Waals surface area contributed by atoms with E-state index < -0.39 is 0 Å². The second kappa shape index (κ2) is 8.70. The van der Waals surface area contributed by atoms with Gasteiger partial charge in [0.2, 0.25) is 0 Å². The van der Waals surface area contributed by atoms with Crippen LogP contribution >= 0.6 is 0 Å². The number of rotatable bonds is 2. The Hall–Kier alpha value is -1.05. The zero-order chi connectivity index (χ0) is 15.9. The molecule has 0 amide bonds. The molecule has 0 N–H and O–H groups in total. The third-order valence-corrected chi connectivity index (χ3v) is 6.05.